The molecule has 2 aliphatic carbocycles. The van der Waals surface area contributed by atoms with Gasteiger partial charge in [-0.3, -0.25) is 0 Å². The van der Waals surface area contributed by atoms with Crippen molar-refractivity contribution in [3.63, 3.8) is 0 Å². The molecule has 1 saturated carbocycles. The molecule has 1 aromatic heterocycles. The van der Waals surface area contributed by atoms with E-state index in [1.54, 1.807) is 9.14 Å². The average molecular weight is 392 g/mol. The summed E-state index contributed by atoms with van der Waals surface area (Å²) in [6, 6.07) is 13.3. The molecule has 102 valence electrons. The molecule has 0 nitrogen and oxygen atoms in total. The Morgan fingerprint density at radius 2 is 1.70 bits per heavy atom. The first kappa shape index (κ1) is 13.1. The van der Waals surface area contributed by atoms with Crippen molar-refractivity contribution in [2.45, 2.75) is 31.6 Å². The fourth-order valence-corrected chi connectivity index (χ4v) is 6.35. The van der Waals surface area contributed by atoms with E-state index in [-0.39, 0.29) is 0 Å². The normalized spacial score (nSPS) is 25.2. The van der Waals surface area contributed by atoms with Gasteiger partial charge in [0, 0.05) is 14.0 Å². The highest BCUT2D eigenvalue weighted by atomic mass is 127. The minimum atomic E-state index is 0.765. The lowest BCUT2D eigenvalue weighted by atomic mass is 9.71. The molecule has 0 radical (unpaired) electrons. The molecular formula is C18H17IS. The number of halogens is 1. The Bertz CT molecular complexity index is 653. The molecule has 0 amide bonds. The molecule has 2 unspecified atom stereocenters. The Hall–Kier alpha value is -0.610. The SMILES string of the molecule is IC1=C(c2ccccc2)c2sccc2C2CCCCC12. The fourth-order valence-electron chi connectivity index (χ4n) is 3.79. The number of fused-ring (bicyclic) bond motifs is 3. The van der Waals surface area contributed by atoms with Crippen LogP contribution in [0.25, 0.3) is 5.57 Å². The molecule has 2 atom stereocenters. The Kier molecular flexibility index (Phi) is 3.47. The van der Waals surface area contributed by atoms with Crippen LogP contribution in [-0.2, 0) is 0 Å². The number of rotatable bonds is 1. The molecule has 1 aromatic carbocycles. The van der Waals surface area contributed by atoms with E-state index in [1.807, 2.05) is 11.3 Å². The predicted octanol–water partition coefficient (Wildman–Crippen LogP) is 6.23. The second-order valence-electron chi connectivity index (χ2n) is 5.79. The van der Waals surface area contributed by atoms with E-state index in [4.69, 9.17) is 0 Å². The van der Waals surface area contributed by atoms with Gasteiger partial charge in [0.2, 0.25) is 0 Å². The molecule has 2 heteroatoms. The Morgan fingerprint density at radius 3 is 2.50 bits per heavy atom. The van der Waals surface area contributed by atoms with Crippen LogP contribution in [-0.4, -0.2) is 0 Å². The Morgan fingerprint density at radius 1 is 0.950 bits per heavy atom. The van der Waals surface area contributed by atoms with E-state index in [0.29, 0.717) is 0 Å². The quantitative estimate of drug-likeness (QED) is 0.505. The van der Waals surface area contributed by atoms with E-state index in [0.717, 1.165) is 11.8 Å². The molecule has 0 aliphatic heterocycles. The Balaban J connectivity index is 1.92. The summed E-state index contributed by atoms with van der Waals surface area (Å²) < 4.78 is 1.61. The first-order chi connectivity index (χ1) is 9.86. The zero-order valence-corrected chi connectivity index (χ0v) is 14.3. The minimum absolute atomic E-state index is 0.765. The summed E-state index contributed by atoms with van der Waals surface area (Å²) >= 11 is 4.56. The lowest BCUT2D eigenvalue weighted by molar-refractivity contribution is 0.358. The van der Waals surface area contributed by atoms with Crippen molar-refractivity contribution in [1.29, 1.82) is 0 Å². The smallest absolute Gasteiger partial charge is 0.0391 e. The zero-order valence-electron chi connectivity index (χ0n) is 11.3. The first-order valence-electron chi connectivity index (χ1n) is 7.39. The second-order valence-corrected chi connectivity index (χ2v) is 7.87. The van der Waals surface area contributed by atoms with Crippen LogP contribution in [0.1, 0.15) is 47.6 Å². The standard InChI is InChI=1S/C18H17IS/c19-17-14-9-5-4-8-13(14)15-10-11-20-18(15)16(17)12-6-2-1-3-7-12/h1-3,6-7,10-11,13-14H,4-5,8-9H2. The van der Waals surface area contributed by atoms with Crippen molar-refractivity contribution in [2.75, 3.05) is 0 Å². The van der Waals surface area contributed by atoms with Gasteiger partial charge in [-0.1, -0.05) is 43.2 Å². The highest BCUT2D eigenvalue weighted by Gasteiger charge is 2.36. The minimum Gasteiger partial charge on any atom is -0.143 e. The molecule has 4 rings (SSSR count). The molecule has 0 saturated heterocycles. The molecule has 1 fully saturated rings. The van der Waals surface area contributed by atoms with Crippen LogP contribution in [0, 0.1) is 5.92 Å². The number of allylic oxidation sites excluding steroid dienone is 1. The van der Waals surface area contributed by atoms with Gasteiger partial charge in [-0.25, -0.2) is 0 Å². The molecular weight excluding hydrogens is 375 g/mol. The van der Waals surface area contributed by atoms with Crippen LogP contribution in [0.4, 0.5) is 0 Å². The lowest BCUT2D eigenvalue weighted by Gasteiger charge is -2.37. The maximum Gasteiger partial charge on any atom is 0.0391 e. The summed E-state index contributed by atoms with van der Waals surface area (Å²) in [6.07, 6.45) is 5.55. The van der Waals surface area contributed by atoms with Gasteiger partial charge in [0.15, 0.2) is 0 Å². The van der Waals surface area contributed by atoms with Crippen molar-refractivity contribution in [1.82, 2.24) is 0 Å². The first-order valence-corrected chi connectivity index (χ1v) is 9.35. The topological polar surface area (TPSA) is 0 Å². The second kappa shape index (κ2) is 5.30. The maximum atomic E-state index is 2.64. The van der Waals surface area contributed by atoms with E-state index < -0.39 is 0 Å². The van der Waals surface area contributed by atoms with Gasteiger partial charge in [0.05, 0.1) is 0 Å². The molecule has 2 aliphatic rings. The van der Waals surface area contributed by atoms with Gasteiger partial charge in [0.25, 0.3) is 0 Å². The number of thiophene rings is 1. The number of hydrogen-bond donors (Lipinski definition) is 0. The highest BCUT2D eigenvalue weighted by molar-refractivity contribution is 14.1. The summed E-state index contributed by atoms with van der Waals surface area (Å²) in [5.74, 6) is 1.55. The van der Waals surface area contributed by atoms with E-state index in [1.165, 1.54) is 41.7 Å². The van der Waals surface area contributed by atoms with Crippen molar-refractivity contribution in [3.05, 3.63) is 61.4 Å². The molecule has 20 heavy (non-hydrogen) atoms. The number of benzene rings is 1. The maximum absolute atomic E-state index is 2.64. The van der Waals surface area contributed by atoms with Crippen LogP contribution in [0.15, 0.2) is 45.4 Å². The number of hydrogen-bond acceptors (Lipinski definition) is 1. The molecule has 0 bridgehead atoms. The average Bonchev–Trinajstić information content (AvgIpc) is 2.98. The third-order valence-corrected chi connectivity index (χ3v) is 7.00. The summed E-state index contributed by atoms with van der Waals surface area (Å²) in [7, 11) is 0. The summed E-state index contributed by atoms with van der Waals surface area (Å²) in [5, 5.41) is 2.29. The largest absolute Gasteiger partial charge is 0.143 e. The van der Waals surface area contributed by atoms with Crippen LogP contribution >= 0.6 is 33.9 Å². The van der Waals surface area contributed by atoms with Gasteiger partial charge in [-0.15, -0.1) is 11.3 Å². The summed E-state index contributed by atoms with van der Waals surface area (Å²) in [4.78, 5) is 1.53. The zero-order chi connectivity index (χ0) is 13.5. The van der Waals surface area contributed by atoms with E-state index >= 15 is 0 Å². The Labute approximate surface area is 138 Å². The van der Waals surface area contributed by atoms with Gasteiger partial charge >= 0.3 is 0 Å². The predicted molar refractivity (Wildman–Crippen MR) is 95.5 cm³/mol. The molecule has 0 N–H and O–H groups in total. The van der Waals surface area contributed by atoms with Gasteiger partial charge in [-0.2, -0.15) is 0 Å². The molecule has 1 heterocycles. The fraction of sp³-hybridized carbons (Fsp3) is 0.333. The van der Waals surface area contributed by atoms with Crippen molar-refractivity contribution in [2.24, 2.45) is 5.92 Å². The third-order valence-electron chi connectivity index (χ3n) is 4.72. The molecule has 2 aromatic rings. The van der Waals surface area contributed by atoms with Gasteiger partial charge in [0.1, 0.15) is 0 Å². The van der Waals surface area contributed by atoms with Crippen LogP contribution in [0.3, 0.4) is 0 Å². The van der Waals surface area contributed by atoms with E-state index in [9.17, 15) is 0 Å². The van der Waals surface area contributed by atoms with Crippen molar-refractivity contribution < 1.29 is 0 Å². The monoisotopic (exact) mass is 392 g/mol. The third kappa shape index (κ3) is 2.00. The van der Waals surface area contributed by atoms with Gasteiger partial charge in [-0.05, 0) is 69.8 Å². The lowest BCUT2D eigenvalue weighted by Crippen LogP contribution is -2.22. The highest BCUT2D eigenvalue weighted by Crippen LogP contribution is 2.54. The van der Waals surface area contributed by atoms with Crippen LogP contribution < -0.4 is 0 Å². The van der Waals surface area contributed by atoms with Crippen LogP contribution in [0.2, 0.25) is 0 Å². The summed E-state index contributed by atoms with van der Waals surface area (Å²) in [6.45, 7) is 0. The molecule has 0 spiro atoms. The van der Waals surface area contributed by atoms with E-state index in [2.05, 4.69) is 64.4 Å². The summed E-state index contributed by atoms with van der Waals surface area (Å²) in [5.41, 5.74) is 4.53. The van der Waals surface area contributed by atoms with Crippen LogP contribution in [0.5, 0.6) is 0 Å². The van der Waals surface area contributed by atoms with Gasteiger partial charge < -0.3 is 0 Å². The van der Waals surface area contributed by atoms with Crippen molar-refractivity contribution >= 4 is 39.5 Å². The van der Waals surface area contributed by atoms with Crippen molar-refractivity contribution in [3.8, 4) is 0 Å².